The predicted octanol–water partition coefficient (Wildman–Crippen LogP) is 4.55. The van der Waals surface area contributed by atoms with Crippen molar-refractivity contribution in [3.05, 3.63) is 24.3 Å². The zero-order valence-electron chi connectivity index (χ0n) is 30.3. The van der Waals surface area contributed by atoms with E-state index in [1.165, 1.54) is 39.0 Å². The van der Waals surface area contributed by atoms with Gasteiger partial charge in [-0.05, 0) is 30.7 Å². The Labute approximate surface area is 294 Å². The van der Waals surface area contributed by atoms with Crippen LogP contribution in [0.3, 0.4) is 0 Å². The minimum Gasteiger partial charge on any atom is -0.491 e. The van der Waals surface area contributed by atoms with Gasteiger partial charge in [0, 0.05) is 19.2 Å². The minimum absolute atomic E-state index is 0.106. The first-order valence-electron chi connectivity index (χ1n) is 18.0. The maximum atomic E-state index is 11.0. The Hall–Kier alpha value is -1.91. The fraction of sp³-hybridized carbons (Fsp3) is 0.806. The number of nitrogens with one attached hydrogen (secondary N) is 1. The number of carbonyl (C=O) groups is 1. The number of anilines is 1. The van der Waals surface area contributed by atoms with Crippen LogP contribution in [0.25, 0.3) is 0 Å². The van der Waals surface area contributed by atoms with Crippen LogP contribution < -0.4 is 10.1 Å². The van der Waals surface area contributed by atoms with Crippen LogP contribution in [0.4, 0.5) is 5.69 Å². The maximum absolute atomic E-state index is 11.0. The molecule has 0 aliphatic heterocycles. The number of unbranched alkanes of at least 4 members (excludes halogenated alkanes) is 5. The van der Waals surface area contributed by atoms with Crippen molar-refractivity contribution in [1.82, 2.24) is 0 Å². The van der Waals surface area contributed by atoms with Crippen LogP contribution in [-0.4, -0.2) is 145 Å². The van der Waals surface area contributed by atoms with Gasteiger partial charge in [0.2, 0.25) is 5.91 Å². The van der Waals surface area contributed by atoms with Crippen LogP contribution in [0.2, 0.25) is 0 Å². The van der Waals surface area contributed by atoms with Crippen molar-refractivity contribution in [3.8, 4) is 5.75 Å². The number of rotatable bonds is 39. The molecule has 0 saturated heterocycles. The second-order valence-corrected chi connectivity index (χ2v) is 10.9. The SMILES string of the molecule is CCCCCCCCOCCOCCOCCOCCOCCOCCOCCOCCOCCOCCOc1ccc(NC(C)=O)cc1. The molecule has 0 atom stereocenters. The number of ether oxygens (including phenoxy) is 11. The van der Waals surface area contributed by atoms with E-state index in [0.717, 1.165) is 24.5 Å². The summed E-state index contributed by atoms with van der Waals surface area (Å²) >= 11 is 0. The van der Waals surface area contributed by atoms with Crippen molar-refractivity contribution in [2.24, 2.45) is 0 Å². The van der Waals surface area contributed by atoms with Crippen LogP contribution in [0.1, 0.15) is 52.4 Å². The molecule has 49 heavy (non-hydrogen) atoms. The molecule has 0 bridgehead atoms. The predicted molar refractivity (Wildman–Crippen MR) is 188 cm³/mol. The van der Waals surface area contributed by atoms with E-state index in [-0.39, 0.29) is 5.91 Å². The number of carbonyl (C=O) groups excluding carboxylic acids is 1. The fourth-order valence-corrected chi connectivity index (χ4v) is 4.12. The molecule has 286 valence electrons. The van der Waals surface area contributed by atoms with Crippen LogP contribution in [0.15, 0.2) is 24.3 Å². The van der Waals surface area contributed by atoms with Gasteiger partial charge in [0.1, 0.15) is 12.4 Å². The van der Waals surface area contributed by atoms with E-state index < -0.39 is 0 Å². The molecule has 0 aliphatic carbocycles. The maximum Gasteiger partial charge on any atom is 0.221 e. The molecule has 1 aromatic rings. The van der Waals surface area contributed by atoms with Gasteiger partial charge in [-0.1, -0.05) is 39.0 Å². The molecule has 0 aliphatic rings. The summed E-state index contributed by atoms with van der Waals surface area (Å²) in [6.07, 6.45) is 7.67. The molecule has 0 saturated carbocycles. The summed E-state index contributed by atoms with van der Waals surface area (Å²) in [5.41, 5.74) is 0.734. The molecule has 13 nitrogen and oxygen atoms in total. The van der Waals surface area contributed by atoms with Crippen molar-refractivity contribution in [1.29, 1.82) is 0 Å². The van der Waals surface area contributed by atoms with Crippen LogP contribution in [0, 0.1) is 0 Å². The highest BCUT2D eigenvalue weighted by atomic mass is 16.6. The van der Waals surface area contributed by atoms with Gasteiger partial charge in [0.15, 0.2) is 0 Å². The zero-order valence-corrected chi connectivity index (χ0v) is 30.3. The van der Waals surface area contributed by atoms with Crippen molar-refractivity contribution >= 4 is 11.6 Å². The Kier molecular flexibility index (Phi) is 34.4. The lowest BCUT2D eigenvalue weighted by atomic mass is 10.1. The Morgan fingerprint density at radius 1 is 0.429 bits per heavy atom. The Bertz CT molecular complexity index is 818. The van der Waals surface area contributed by atoms with Crippen LogP contribution >= 0.6 is 0 Å². The summed E-state index contributed by atoms with van der Waals surface area (Å²) < 4.78 is 60.7. The average molecular weight is 704 g/mol. The van der Waals surface area contributed by atoms with Crippen molar-refractivity contribution in [2.75, 3.05) is 144 Å². The van der Waals surface area contributed by atoms with Gasteiger partial charge in [0.05, 0.1) is 126 Å². The highest BCUT2D eigenvalue weighted by molar-refractivity contribution is 5.88. The number of benzene rings is 1. The second kappa shape index (κ2) is 37.3. The monoisotopic (exact) mass is 703 g/mol. The molecule has 13 heteroatoms. The van der Waals surface area contributed by atoms with E-state index in [1.807, 2.05) is 0 Å². The topological polar surface area (TPSA) is 131 Å². The number of hydrogen-bond acceptors (Lipinski definition) is 12. The van der Waals surface area contributed by atoms with E-state index in [4.69, 9.17) is 52.1 Å². The number of amides is 1. The van der Waals surface area contributed by atoms with E-state index in [9.17, 15) is 4.79 Å². The summed E-state index contributed by atoms with van der Waals surface area (Å²) in [7, 11) is 0. The van der Waals surface area contributed by atoms with Gasteiger partial charge in [-0.15, -0.1) is 0 Å². The molecule has 0 fully saturated rings. The first-order valence-corrected chi connectivity index (χ1v) is 18.0. The molecular weight excluding hydrogens is 638 g/mol. The van der Waals surface area contributed by atoms with Crippen LogP contribution in [0.5, 0.6) is 5.75 Å². The summed E-state index contributed by atoms with van der Waals surface area (Å²) in [6.45, 7) is 14.9. The van der Waals surface area contributed by atoms with Crippen molar-refractivity contribution < 1.29 is 56.9 Å². The van der Waals surface area contributed by atoms with E-state index in [0.29, 0.717) is 132 Å². The standard InChI is InChI=1S/C36H65NO12/c1-3-4-5-6-7-8-13-39-14-15-40-16-17-41-18-19-42-20-21-43-22-23-44-24-25-45-26-27-46-28-29-47-30-31-48-32-33-49-36-11-9-35(10-12-36)37-34(2)38/h9-12H,3-8,13-33H2,1-2H3,(H,37,38). The Balaban J connectivity index is 1.65. The molecule has 0 heterocycles. The van der Waals surface area contributed by atoms with Gasteiger partial charge < -0.3 is 57.4 Å². The molecule has 0 aromatic heterocycles. The van der Waals surface area contributed by atoms with E-state index in [2.05, 4.69) is 12.2 Å². The van der Waals surface area contributed by atoms with Gasteiger partial charge in [-0.2, -0.15) is 0 Å². The Morgan fingerprint density at radius 3 is 1.08 bits per heavy atom. The quantitative estimate of drug-likeness (QED) is 0.0966. The van der Waals surface area contributed by atoms with Gasteiger partial charge in [0.25, 0.3) is 0 Å². The van der Waals surface area contributed by atoms with Gasteiger partial charge in [-0.25, -0.2) is 0 Å². The Morgan fingerprint density at radius 2 is 0.735 bits per heavy atom. The number of hydrogen-bond donors (Lipinski definition) is 1. The molecule has 0 unspecified atom stereocenters. The first kappa shape index (κ1) is 45.1. The third-order valence-electron chi connectivity index (χ3n) is 6.66. The highest BCUT2D eigenvalue weighted by Gasteiger charge is 1.99. The normalized spacial score (nSPS) is 11.3. The van der Waals surface area contributed by atoms with Crippen LogP contribution in [-0.2, 0) is 52.2 Å². The highest BCUT2D eigenvalue weighted by Crippen LogP contribution is 2.15. The molecule has 0 radical (unpaired) electrons. The molecule has 1 rings (SSSR count). The third kappa shape index (κ3) is 34.3. The second-order valence-electron chi connectivity index (χ2n) is 10.9. The molecule has 0 spiro atoms. The van der Waals surface area contributed by atoms with Crippen molar-refractivity contribution in [3.63, 3.8) is 0 Å². The van der Waals surface area contributed by atoms with Gasteiger partial charge in [-0.3, -0.25) is 4.79 Å². The molecular formula is C36H65NO12. The molecule has 1 N–H and O–H groups in total. The lowest BCUT2D eigenvalue weighted by molar-refractivity contribution is -0.114. The minimum atomic E-state index is -0.106. The fourth-order valence-electron chi connectivity index (χ4n) is 4.12. The summed E-state index contributed by atoms with van der Waals surface area (Å²) in [6, 6.07) is 7.19. The van der Waals surface area contributed by atoms with E-state index in [1.54, 1.807) is 24.3 Å². The lowest BCUT2D eigenvalue weighted by Crippen LogP contribution is -2.15. The smallest absolute Gasteiger partial charge is 0.221 e. The third-order valence-corrected chi connectivity index (χ3v) is 6.66. The zero-order chi connectivity index (χ0) is 35.1. The van der Waals surface area contributed by atoms with Crippen molar-refractivity contribution in [2.45, 2.75) is 52.4 Å². The first-order chi connectivity index (χ1) is 24.2. The molecule has 1 amide bonds. The average Bonchev–Trinajstić information content (AvgIpc) is 3.10. The summed E-state index contributed by atoms with van der Waals surface area (Å²) in [5.74, 6) is 0.613. The molecule has 1 aromatic carbocycles. The largest absolute Gasteiger partial charge is 0.491 e. The van der Waals surface area contributed by atoms with Gasteiger partial charge >= 0.3 is 0 Å². The summed E-state index contributed by atoms with van der Waals surface area (Å²) in [4.78, 5) is 11.0. The lowest BCUT2D eigenvalue weighted by Gasteiger charge is -2.09. The summed E-state index contributed by atoms with van der Waals surface area (Å²) in [5, 5.41) is 2.71. The van der Waals surface area contributed by atoms with E-state index >= 15 is 0 Å².